The van der Waals surface area contributed by atoms with Crippen molar-refractivity contribution in [1.82, 2.24) is 10.2 Å². The van der Waals surface area contributed by atoms with Crippen LogP contribution in [0.2, 0.25) is 0 Å². The Morgan fingerprint density at radius 3 is 2.64 bits per heavy atom. The van der Waals surface area contributed by atoms with Crippen LogP contribution in [0.15, 0.2) is 18.2 Å². The second-order valence-corrected chi connectivity index (χ2v) is 5.64. The van der Waals surface area contributed by atoms with Crippen molar-refractivity contribution < 1.29 is 18.7 Å². The number of aryl methyl sites for hydroxylation is 1. The third kappa shape index (κ3) is 4.40. The molecule has 2 rings (SSSR count). The molecule has 0 spiro atoms. The number of phenols is 1. The molecule has 6 heteroatoms. The van der Waals surface area contributed by atoms with Crippen LogP contribution in [0.4, 0.5) is 8.78 Å². The zero-order valence-electron chi connectivity index (χ0n) is 12.7. The van der Waals surface area contributed by atoms with E-state index in [0.29, 0.717) is 25.9 Å². The van der Waals surface area contributed by atoms with Gasteiger partial charge in [-0.3, -0.25) is 9.69 Å². The van der Waals surface area contributed by atoms with Crippen LogP contribution < -0.4 is 5.32 Å². The Kier molecular flexibility index (Phi) is 5.71. The summed E-state index contributed by atoms with van der Waals surface area (Å²) in [7, 11) is 0. The van der Waals surface area contributed by atoms with Gasteiger partial charge in [-0.15, -0.1) is 0 Å². The Bertz CT molecular complexity index is 515. The van der Waals surface area contributed by atoms with Crippen LogP contribution >= 0.6 is 0 Å². The zero-order valence-corrected chi connectivity index (χ0v) is 12.7. The number of aromatic hydroxyl groups is 1. The fourth-order valence-electron chi connectivity index (χ4n) is 2.71. The fraction of sp³-hybridized carbons (Fsp3) is 0.562. The highest BCUT2D eigenvalue weighted by Crippen LogP contribution is 2.20. The molecule has 22 heavy (non-hydrogen) atoms. The normalized spacial score (nSPS) is 16.9. The molecule has 1 heterocycles. The second kappa shape index (κ2) is 7.54. The van der Waals surface area contributed by atoms with Gasteiger partial charge >= 0.3 is 0 Å². The van der Waals surface area contributed by atoms with E-state index in [1.165, 1.54) is 0 Å². The number of carbonyl (C=O) groups excluding carboxylic acids is 1. The van der Waals surface area contributed by atoms with E-state index < -0.39 is 6.43 Å². The first kappa shape index (κ1) is 16.7. The molecule has 1 amide bonds. The van der Waals surface area contributed by atoms with Crippen LogP contribution in [0.25, 0.3) is 0 Å². The van der Waals surface area contributed by atoms with Crippen LogP contribution in [0.5, 0.6) is 5.75 Å². The monoisotopic (exact) mass is 312 g/mol. The minimum atomic E-state index is -2.32. The largest absolute Gasteiger partial charge is 0.507 e. The first-order valence-corrected chi connectivity index (χ1v) is 7.62. The molecular weight excluding hydrogens is 290 g/mol. The molecule has 0 aromatic heterocycles. The molecule has 0 aliphatic carbocycles. The summed E-state index contributed by atoms with van der Waals surface area (Å²) in [5.41, 5.74) is 1.22. The number of nitrogens with zero attached hydrogens (tertiary/aromatic N) is 1. The molecule has 1 aliphatic rings. The van der Waals surface area contributed by atoms with Gasteiger partial charge in [0.25, 0.3) is 12.3 Å². The van der Waals surface area contributed by atoms with Crippen LogP contribution in [-0.4, -0.2) is 48.0 Å². The molecule has 0 radical (unpaired) electrons. The van der Waals surface area contributed by atoms with Gasteiger partial charge in [-0.1, -0.05) is 13.0 Å². The Hall–Kier alpha value is -1.69. The van der Waals surface area contributed by atoms with Crippen molar-refractivity contribution in [1.29, 1.82) is 0 Å². The van der Waals surface area contributed by atoms with Gasteiger partial charge in [0, 0.05) is 19.1 Å². The lowest BCUT2D eigenvalue weighted by Crippen LogP contribution is -2.45. The van der Waals surface area contributed by atoms with Crippen LogP contribution in [0, 0.1) is 0 Å². The first-order chi connectivity index (χ1) is 10.5. The molecule has 1 saturated heterocycles. The van der Waals surface area contributed by atoms with E-state index >= 15 is 0 Å². The highest BCUT2D eigenvalue weighted by Gasteiger charge is 2.23. The van der Waals surface area contributed by atoms with Crippen molar-refractivity contribution >= 4 is 5.91 Å². The number of rotatable bonds is 5. The predicted octanol–water partition coefficient (Wildman–Crippen LogP) is 2.41. The molecule has 1 aliphatic heterocycles. The van der Waals surface area contributed by atoms with Gasteiger partial charge in [-0.25, -0.2) is 8.78 Å². The topological polar surface area (TPSA) is 52.6 Å². The number of hydrogen-bond acceptors (Lipinski definition) is 3. The number of alkyl halides is 2. The summed E-state index contributed by atoms with van der Waals surface area (Å²) in [5.74, 6) is -0.334. The minimum absolute atomic E-state index is 0.0213. The van der Waals surface area contributed by atoms with Crippen molar-refractivity contribution in [3.8, 4) is 5.75 Å². The van der Waals surface area contributed by atoms with Gasteiger partial charge in [0.2, 0.25) is 0 Å². The average molecular weight is 312 g/mol. The molecule has 0 unspecified atom stereocenters. The second-order valence-electron chi connectivity index (χ2n) is 5.64. The average Bonchev–Trinajstić information content (AvgIpc) is 2.48. The lowest BCUT2D eigenvalue weighted by Gasteiger charge is -2.32. The van der Waals surface area contributed by atoms with E-state index in [2.05, 4.69) is 5.32 Å². The zero-order chi connectivity index (χ0) is 16.1. The van der Waals surface area contributed by atoms with E-state index in [9.17, 15) is 18.7 Å². The lowest BCUT2D eigenvalue weighted by molar-refractivity contribution is 0.0695. The Morgan fingerprint density at radius 2 is 2.09 bits per heavy atom. The van der Waals surface area contributed by atoms with Crippen molar-refractivity contribution in [3.05, 3.63) is 29.3 Å². The third-order valence-electron chi connectivity index (χ3n) is 4.03. The van der Waals surface area contributed by atoms with E-state index in [1.807, 2.05) is 13.0 Å². The van der Waals surface area contributed by atoms with E-state index in [4.69, 9.17) is 0 Å². The summed E-state index contributed by atoms with van der Waals surface area (Å²) < 4.78 is 24.6. The van der Waals surface area contributed by atoms with Crippen LogP contribution in [0.1, 0.15) is 35.7 Å². The van der Waals surface area contributed by atoms with Crippen LogP contribution in [-0.2, 0) is 6.42 Å². The molecule has 4 nitrogen and oxygen atoms in total. The summed E-state index contributed by atoms with van der Waals surface area (Å²) in [6.07, 6.45) is -0.239. The van der Waals surface area contributed by atoms with Gasteiger partial charge in [-0.2, -0.15) is 0 Å². The number of amides is 1. The SMILES string of the molecule is CCc1ccc(C(=O)NC2CCN(CC(F)F)CC2)c(O)c1. The standard InChI is InChI=1S/C16H22F2N2O2/c1-2-11-3-4-13(14(21)9-11)16(22)19-12-5-7-20(8-6-12)10-15(17)18/h3-4,9,12,15,21H,2,5-8,10H2,1H3,(H,19,22). The fourth-order valence-corrected chi connectivity index (χ4v) is 2.71. The summed E-state index contributed by atoms with van der Waals surface area (Å²) >= 11 is 0. The highest BCUT2D eigenvalue weighted by molar-refractivity contribution is 5.97. The Labute approximate surface area is 129 Å². The van der Waals surface area contributed by atoms with Gasteiger partial charge in [-0.05, 0) is 37.0 Å². The maximum atomic E-state index is 12.3. The van der Waals surface area contributed by atoms with Gasteiger partial charge < -0.3 is 10.4 Å². The molecule has 0 atom stereocenters. The number of likely N-dealkylation sites (tertiary alicyclic amines) is 1. The first-order valence-electron chi connectivity index (χ1n) is 7.62. The lowest BCUT2D eigenvalue weighted by atomic mass is 10.0. The molecule has 1 aromatic rings. The van der Waals surface area contributed by atoms with Crippen molar-refractivity contribution in [3.63, 3.8) is 0 Å². The molecule has 2 N–H and O–H groups in total. The minimum Gasteiger partial charge on any atom is -0.507 e. The smallest absolute Gasteiger partial charge is 0.255 e. The third-order valence-corrected chi connectivity index (χ3v) is 4.03. The summed E-state index contributed by atoms with van der Waals surface area (Å²) in [5, 5.41) is 12.8. The number of nitrogens with one attached hydrogen (secondary N) is 1. The van der Waals surface area contributed by atoms with Crippen molar-refractivity contribution in [2.75, 3.05) is 19.6 Å². The number of benzene rings is 1. The predicted molar refractivity (Wildman–Crippen MR) is 80.4 cm³/mol. The summed E-state index contributed by atoms with van der Waals surface area (Å²) in [6, 6.07) is 5.00. The van der Waals surface area contributed by atoms with Gasteiger partial charge in [0.05, 0.1) is 12.1 Å². The molecule has 1 aromatic carbocycles. The van der Waals surface area contributed by atoms with Crippen molar-refractivity contribution in [2.45, 2.75) is 38.7 Å². The van der Waals surface area contributed by atoms with Crippen molar-refractivity contribution in [2.24, 2.45) is 0 Å². The highest BCUT2D eigenvalue weighted by atomic mass is 19.3. The molecule has 1 fully saturated rings. The van der Waals surface area contributed by atoms with Gasteiger partial charge in [0.1, 0.15) is 5.75 Å². The van der Waals surface area contributed by atoms with Crippen LogP contribution in [0.3, 0.4) is 0 Å². The van der Waals surface area contributed by atoms with E-state index in [1.54, 1.807) is 17.0 Å². The summed E-state index contributed by atoms with van der Waals surface area (Å²) in [4.78, 5) is 13.9. The van der Waals surface area contributed by atoms with E-state index in [0.717, 1.165) is 12.0 Å². The number of piperidine rings is 1. The molecular formula is C16H22F2N2O2. The van der Waals surface area contributed by atoms with E-state index in [-0.39, 0.29) is 29.8 Å². The number of phenolic OH excluding ortho intramolecular Hbond substituents is 1. The number of hydrogen-bond donors (Lipinski definition) is 2. The summed E-state index contributed by atoms with van der Waals surface area (Å²) in [6.45, 7) is 2.87. The Morgan fingerprint density at radius 1 is 1.41 bits per heavy atom. The molecule has 0 saturated carbocycles. The maximum Gasteiger partial charge on any atom is 0.255 e. The maximum absolute atomic E-state index is 12.3. The Balaban J connectivity index is 1.88. The quantitative estimate of drug-likeness (QED) is 0.878. The molecule has 122 valence electrons. The number of halogens is 2. The number of carbonyl (C=O) groups is 1. The molecule has 0 bridgehead atoms. The van der Waals surface area contributed by atoms with Gasteiger partial charge in [0.15, 0.2) is 0 Å².